The third-order valence-electron chi connectivity index (χ3n) is 3.12. The second-order valence-corrected chi connectivity index (χ2v) is 4.21. The molecule has 0 aliphatic heterocycles. The van der Waals surface area contributed by atoms with Crippen LogP contribution in [0.5, 0.6) is 0 Å². The fourth-order valence-electron chi connectivity index (χ4n) is 2.23. The normalized spacial score (nSPS) is 29.1. The van der Waals surface area contributed by atoms with E-state index in [0.29, 0.717) is 5.92 Å². The lowest BCUT2D eigenvalue weighted by Gasteiger charge is -2.27. The van der Waals surface area contributed by atoms with Crippen LogP contribution in [0.15, 0.2) is 0 Å². The molecular weight excluding hydrogens is 162 g/mol. The van der Waals surface area contributed by atoms with Gasteiger partial charge in [-0.2, -0.15) is 0 Å². The highest BCUT2D eigenvalue weighted by Gasteiger charge is 2.21. The van der Waals surface area contributed by atoms with Crippen molar-refractivity contribution in [1.82, 2.24) is 5.32 Å². The van der Waals surface area contributed by atoms with Gasteiger partial charge in [0.1, 0.15) is 0 Å². The van der Waals surface area contributed by atoms with E-state index in [4.69, 9.17) is 0 Å². The van der Waals surface area contributed by atoms with E-state index >= 15 is 0 Å². The fraction of sp³-hybridized carbons (Fsp3) is 1.00. The van der Waals surface area contributed by atoms with Gasteiger partial charge in [-0.1, -0.05) is 19.3 Å². The highest BCUT2D eigenvalue weighted by molar-refractivity contribution is 4.74. The summed E-state index contributed by atoms with van der Waals surface area (Å²) in [6, 6.07) is 0. The molecule has 2 nitrogen and oxygen atoms in total. The van der Waals surface area contributed by atoms with E-state index in [-0.39, 0.29) is 6.10 Å². The van der Waals surface area contributed by atoms with Crippen molar-refractivity contribution in [2.45, 2.75) is 51.0 Å². The average Bonchev–Trinajstić information content (AvgIpc) is 2.15. The highest BCUT2D eigenvalue weighted by atomic mass is 16.3. The molecule has 2 unspecified atom stereocenters. The molecular formula is C11H23NO. The molecule has 1 saturated carbocycles. The Hall–Kier alpha value is -0.0800. The molecule has 0 aromatic heterocycles. The smallest absolute Gasteiger partial charge is 0.0568 e. The maximum Gasteiger partial charge on any atom is 0.0568 e. The van der Waals surface area contributed by atoms with Gasteiger partial charge in [-0.3, -0.25) is 0 Å². The van der Waals surface area contributed by atoms with Gasteiger partial charge in [-0.05, 0) is 45.2 Å². The maximum atomic E-state index is 9.71. The molecule has 0 amide bonds. The van der Waals surface area contributed by atoms with Gasteiger partial charge in [0.25, 0.3) is 0 Å². The third-order valence-corrected chi connectivity index (χ3v) is 3.12. The summed E-state index contributed by atoms with van der Waals surface area (Å²) in [5, 5.41) is 12.9. The minimum Gasteiger partial charge on any atom is -0.393 e. The minimum absolute atomic E-state index is 0.00309. The van der Waals surface area contributed by atoms with Crippen molar-refractivity contribution in [2.75, 3.05) is 13.6 Å². The Labute approximate surface area is 81.7 Å². The number of aliphatic hydroxyl groups is 1. The first-order valence-electron chi connectivity index (χ1n) is 5.67. The number of rotatable bonds is 5. The number of aliphatic hydroxyl groups excluding tert-OH is 1. The molecule has 13 heavy (non-hydrogen) atoms. The third kappa shape index (κ3) is 4.10. The van der Waals surface area contributed by atoms with Crippen LogP contribution in [0.1, 0.15) is 44.9 Å². The predicted octanol–water partition coefficient (Wildman–Crippen LogP) is 1.93. The summed E-state index contributed by atoms with van der Waals surface area (Å²) >= 11 is 0. The zero-order chi connectivity index (χ0) is 9.52. The van der Waals surface area contributed by atoms with Gasteiger partial charge < -0.3 is 10.4 Å². The van der Waals surface area contributed by atoms with Crippen LogP contribution in [-0.4, -0.2) is 24.8 Å². The van der Waals surface area contributed by atoms with Crippen LogP contribution < -0.4 is 5.32 Å². The van der Waals surface area contributed by atoms with E-state index < -0.39 is 0 Å². The molecule has 1 rings (SSSR count). The van der Waals surface area contributed by atoms with Crippen LogP contribution in [-0.2, 0) is 0 Å². The Morgan fingerprint density at radius 2 is 2.00 bits per heavy atom. The van der Waals surface area contributed by atoms with E-state index in [0.717, 1.165) is 13.0 Å². The number of nitrogens with one attached hydrogen (secondary N) is 1. The van der Waals surface area contributed by atoms with Crippen molar-refractivity contribution in [2.24, 2.45) is 5.92 Å². The van der Waals surface area contributed by atoms with Crippen LogP contribution in [0, 0.1) is 5.92 Å². The average molecular weight is 185 g/mol. The van der Waals surface area contributed by atoms with Gasteiger partial charge in [-0.15, -0.1) is 0 Å². The van der Waals surface area contributed by atoms with Crippen molar-refractivity contribution in [3.63, 3.8) is 0 Å². The molecule has 1 fully saturated rings. The van der Waals surface area contributed by atoms with Crippen molar-refractivity contribution in [1.29, 1.82) is 0 Å². The molecule has 78 valence electrons. The molecule has 2 atom stereocenters. The summed E-state index contributed by atoms with van der Waals surface area (Å²) in [5.41, 5.74) is 0. The Kier molecular flexibility index (Phi) is 5.40. The summed E-state index contributed by atoms with van der Waals surface area (Å²) in [7, 11) is 2.00. The lowest BCUT2D eigenvalue weighted by atomic mass is 9.83. The zero-order valence-corrected chi connectivity index (χ0v) is 8.76. The zero-order valence-electron chi connectivity index (χ0n) is 8.76. The molecule has 0 aromatic rings. The minimum atomic E-state index is 0.00309. The molecule has 0 aromatic carbocycles. The van der Waals surface area contributed by atoms with Crippen LogP contribution in [0.25, 0.3) is 0 Å². The summed E-state index contributed by atoms with van der Waals surface area (Å²) in [4.78, 5) is 0. The molecule has 2 N–H and O–H groups in total. The van der Waals surface area contributed by atoms with Gasteiger partial charge in [0.2, 0.25) is 0 Å². The lowest BCUT2D eigenvalue weighted by Crippen LogP contribution is -2.24. The standard InChI is InChI=1S/C11H23NO/c1-12-9-5-4-7-10-6-2-3-8-11(10)13/h10-13H,2-9H2,1H3. The highest BCUT2D eigenvalue weighted by Crippen LogP contribution is 2.28. The van der Waals surface area contributed by atoms with Crippen LogP contribution in [0.2, 0.25) is 0 Å². The van der Waals surface area contributed by atoms with Gasteiger partial charge in [-0.25, -0.2) is 0 Å². The van der Waals surface area contributed by atoms with E-state index in [1.807, 2.05) is 7.05 Å². The van der Waals surface area contributed by atoms with Crippen molar-refractivity contribution >= 4 is 0 Å². The molecule has 0 radical (unpaired) electrons. The van der Waals surface area contributed by atoms with E-state index in [1.165, 1.54) is 38.5 Å². The first-order valence-corrected chi connectivity index (χ1v) is 5.67. The van der Waals surface area contributed by atoms with Crippen molar-refractivity contribution < 1.29 is 5.11 Å². The van der Waals surface area contributed by atoms with E-state index in [1.54, 1.807) is 0 Å². The summed E-state index contributed by atoms with van der Waals surface area (Å²) in [5.74, 6) is 0.602. The Bertz CT molecular complexity index is 127. The first-order chi connectivity index (χ1) is 6.34. The fourth-order valence-corrected chi connectivity index (χ4v) is 2.23. The quantitative estimate of drug-likeness (QED) is 0.641. The summed E-state index contributed by atoms with van der Waals surface area (Å²) in [6.07, 6.45) is 8.59. The van der Waals surface area contributed by atoms with E-state index in [9.17, 15) is 5.11 Å². The lowest BCUT2D eigenvalue weighted by molar-refractivity contribution is 0.0640. The molecule has 0 spiro atoms. The summed E-state index contributed by atoms with van der Waals surface area (Å²) in [6.45, 7) is 1.11. The van der Waals surface area contributed by atoms with Gasteiger partial charge in [0, 0.05) is 0 Å². The Balaban J connectivity index is 2.05. The second kappa shape index (κ2) is 6.39. The van der Waals surface area contributed by atoms with Crippen LogP contribution >= 0.6 is 0 Å². The second-order valence-electron chi connectivity index (χ2n) is 4.21. The van der Waals surface area contributed by atoms with Crippen molar-refractivity contribution in [3.8, 4) is 0 Å². The maximum absolute atomic E-state index is 9.71. The topological polar surface area (TPSA) is 32.3 Å². The Morgan fingerprint density at radius 3 is 2.69 bits per heavy atom. The predicted molar refractivity (Wildman–Crippen MR) is 55.7 cm³/mol. The molecule has 0 bridgehead atoms. The summed E-state index contributed by atoms with van der Waals surface area (Å²) < 4.78 is 0. The number of unbranched alkanes of at least 4 members (excludes halogenated alkanes) is 1. The van der Waals surface area contributed by atoms with Gasteiger partial charge in [0.15, 0.2) is 0 Å². The SMILES string of the molecule is CNCCCCC1CCCCC1O. The number of hydrogen-bond donors (Lipinski definition) is 2. The molecule has 1 aliphatic rings. The molecule has 0 saturated heterocycles. The van der Waals surface area contributed by atoms with Gasteiger partial charge in [0.05, 0.1) is 6.10 Å². The van der Waals surface area contributed by atoms with Gasteiger partial charge >= 0.3 is 0 Å². The Morgan fingerprint density at radius 1 is 1.23 bits per heavy atom. The molecule has 0 heterocycles. The van der Waals surface area contributed by atoms with Crippen molar-refractivity contribution in [3.05, 3.63) is 0 Å². The molecule has 1 aliphatic carbocycles. The van der Waals surface area contributed by atoms with E-state index in [2.05, 4.69) is 5.32 Å². The number of hydrogen-bond acceptors (Lipinski definition) is 2. The van der Waals surface area contributed by atoms with Crippen LogP contribution in [0.3, 0.4) is 0 Å². The first kappa shape index (κ1) is 11.0. The largest absolute Gasteiger partial charge is 0.393 e. The monoisotopic (exact) mass is 185 g/mol. The van der Waals surface area contributed by atoms with Crippen LogP contribution in [0.4, 0.5) is 0 Å². The molecule has 2 heteroatoms.